The van der Waals surface area contributed by atoms with Gasteiger partial charge in [-0.05, 0) is 31.4 Å². The molecule has 2 aromatic rings. The molecule has 1 aromatic carbocycles. The zero-order valence-corrected chi connectivity index (χ0v) is 15.1. The van der Waals surface area contributed by atoms with Crippen molar-refractivity contribution in [3.8, 4) is 0 Å². The van der Waals surface area contributed by atoms with Crippen LogP contribution in [0.25, 0.3) is 10.9 Å². The lowest BCUT2D eigenvalue weighted by Crippen LogP contribution is -2.61. The van der Waals surface area contributed by atoms with Crippen LogP contribution in [0.4, 0.5) is 0 Å². The number of halogens is 1. The van der Waals surface area contributed by atoms with E-state index in [1.54, 1.807) is 0 Å². The van der Waals surface area contributed by atoms with Gasteiger partial charge in [0.05, 0.1) is 27.8 Å². The first-order valence-corrected chi connectivity index (χ1v) is 9.18. The highest BCUT2D eigenvalue weighted by Gasteiger charge is 2.49. The summed E-state index contributed by atoms with van der Waals surface area (Å²) in [5.74, 6) is -0.0140. The molecule has 2 aliphatic rings. The number of aryl methyl sites for hydroxylation is 1. The topological polar surface area (TPSA) is 70.4 Å². The van der Waals surface area contributed by atoms with Crippen molar-refractivity contribution >= 4 is 28.4 Å². The SMILES string of the molecule is Cn1nc(CN2CC[C@@H](O)[C@@]3(CCCNC3=O)C2)c2c(Cl)cccc21. The lowest BCUT2D eigenvalue weighted by Gasteiger charge is -2.46. The summed E-state index contributed by atoms with van der Waals surface area (Å²) in [7, 11) is 1.91. The summed E-state index contributed by atoms with van der Waals surface area (Å²) < 4.78 is 1.85. The van der Waals surface area contributed by atoms with Crippen LogP contribution in [0.5, 0.6) is 0 Å². The Balaban J connectivity index is 1.63. The Labute approximate surface area is 151 Å². The fourth-order valence-electron chi connectivity index (χ4n) is 4.34. The Hall–Kier alpha value is -1.63. The molecular formula is C18H23ClN4O2. The molecule has 0 bridgehead atoms. The fourth-order valence-corrected chi connectivity index (χ4v) is 4.62. The Kier molecular flexibility index (Phi) is 4.22. The number of rotatable bonds is 2. The van der Waals surface area contributed by atoms with E-state index in [9.17, 15) is 9.90 Å². The van der Waals surface area contributed by atoms with Gasteiger partial charge >= 0.3 is 0 Å². The minimum atomic E-state index is -0.690. The smallest absolute Gasteiger partial charge is 0.230 e. The van der Waals surface area contributed by atoms with Crippen molar-refractivity contribution in [2.24, 2.45) is 12.5 Å². The molecule has 3 heterocycles. The summed E-state index contributed by atoms with van der Waals surface area (Å²) in [6.07, 6.45) is 1.68. The Morgan fingerprint density at radius 2 is 2.32 bits per heavy atom. The van der Waals surface area contributed by atoms with Crippen molar-refractivity contribution in [2.75, 3.05) is 19.6 Å². The Morgan fingerprint density at radius 3 is 3.12 bits per heavy atom. The second-order valence-electron chi connectivity index (χ2n) is 7.23. The number of aliphatic hydroxyl groups excluding tert-OH is 1. The average molecular weight is 363 g/mol. The van der Waals surface area contributed by atoms with Crippen molar-refractivity contribution in [3.63, 3.8) is 0 Å². The van der Waals surface area contributed by atoms with Crippen molar-refractivity contribution in [3.05, 3.63) is 28.9 Å². The van der Waals surface area contributed by atoms with E-state index in [1.165, 1.54) is 0 Å². The molecule has 0 saturated carbocycles. The number of carbonyl (C=O) groups is 1. The predicted octanol–water partition coefficient (Wildman–Crippen LogP) is 1.69. The number of hydrogen-bond donors (Lipinski definition) is 2. The van der Waals surface area contributed by atoms with Crippen molar-refractivity contribution in [2.45, 2.75) is 31.9 Å². The van der Waals surface area contributed by atoms with Gasteiger partial charge in [-0.3, -0.25) is 14.4 Å². The van der Waals surface area contributed by atoms with Gasteiger partial charge in [0, 0.05) is 38.6 Å². The molecule has 2 atom stereocenters. The third-order valence-electron chi connectivity index (χ3n) is 5.67. The number of hydrogen-bond acceptors (Lipinski definition) is 4. The molecule has 4 rings (SSSR count). The molecule has 1 amide bonds. The first-order valence-electron chi connectivity index (χ1n) is 8.80. The number of benzene rings is 1. The van der Waals surface area contributed by atoms with E-state index in [0.29, 0.717) is 31.1 Å². The fraction of sp³-hybridized carbons (Fsp3) is 0.556. The standard InChI is InChI=1S/C18H23ClN4O2/c1-22-14-5-2-4-12(19)16(14)13(21-22)10-23-9-6-15(24)18(11-23)7-3-8-20-17(18)25/h2,4-5,15,24H,3,6-11H2,1H3,(H,20,25)/t15-,18-/m1/s1. The monoisotopic (exact) mass is 362 g/mol. The molecule has 25 heavy (non-hydrogen) atoms. The van der Waals surface area contributed by atoms with Crippen LogP contribution >= 0.6 is 11.6 Å². The molecule has 0 unspecified atom stereocenters. The molecule has 134 valence electrons. The first kappa shape index (κ1) is 16.8. The van der Waals surface area contributed by atoms with Crippen molar-refractivity contribution < 1.29 is 9.90 Å². The summed E-state index contributed by atoms with van der Waals surface area (Å²) in [5.41, 5.74) is 1.24. The third-order valence-corrected chi connectivity index (χ3v) is 5.99. The molecule has 0 radical (unpaired) electrons. The molecule has 1 aromatic heterocycles. The van der Waals surface area contributed by atoms with E-state index in [1.807, 2.05) is 29.9 Å². The number of carbonyl (C=O) groups excluding carboxylic acids is 1. The molecule has 2 N–H and O–H groups in total. The molecule has 6 nitrogen and oxygen atoms in total. The zero-order valence-electron chi connectivity index (χ0n) is 14.3. The van der Waals surface area contributed by atoms with E-state index in [2.05, 4.69) is 15.3 Å². The van der Waals surface area contributed by atoms with E-state index < -0.39 is 11.5 Å². The quantitative estimate of drug-likeness (QED) is 0.853. The van der Waals surface area contributed by atoms with Crippen LogP contribution in [-0.2, 0) is 18.4 Å². The number of piperidine rings is 2. The number of aromatic nitrogens is 2. The number of nitrogens with zero attached hydrogens (tertiary/aromatic N) is 3. The Morgan fingerprint density at radius 1 is 1.48 bits per heavy atom. The lowest BCUT2D eigenvalue weighted by molar-refractivity contribution is -0.149. The van der Waals surface area contributed by atoms with Gasteiger partial charge in [0.1, 0.15) is 0 Å². The van der Waals surface area contributed by atoms with E-state index in [-0.39, 0.29) is 5.91 Å². The minimum Gasteiger partial charge on any atom is -0.392 e. The molecular weight excluding hydrogens is 340 g/mol. The maximum Gasteiger partial charge on any atom is 0.230 e. The van der Waals surface area contributed by atoms with E-state index in [0.717, 1.165) is 36.0 Å². The highest BCUT2D eigenvalue weighted by Crippen LogP contribution is 2.38. The van der Waals surface area contributed by atoms with Gasteiger partial charge in [-0.15, -0.1) is 0 Å². The van der Waals surface area contributed by atoms with E-state index in [4.69, 9.17) is 11.6 Å². The van der Waals surface area contributed by atoms with Crippen molar-refractivity contribution in [1.29, 1.82) is 0 Å². The summed E-state index contributed by atoms with van der Waals surface area (Å²) in [6, 6.07) is 5.81. The molecule has 2 aliphatic heterocycles. The highest BCUT2D eigenvalue weighted by atomic mass is 35.5. The third kappa shape index (κ3) is 2.72. The average Bonchev–Trinajstić information content (AvgIpc) is 2.91. The largest absolute Gasteiger partial charge is 0.392 e. The highest BCUT2D eigenvalue weighted by molar-refractivity contribution is 6.35. The van der Waals surface area contributed by atoms with Crippen LogP contribution in [-0.4, -0.2) is 51.4 Å². The second kappa shape index (κ2) is 6.27. The van der Waals surface area contributed by atoms with Gasteiger partial charge in [0.15, 0.2) is 0 Å². The van der Waals surface area contributed by atoms with E-state index >= 15 is 0 Å². The maximum atomic E-state index is 12.5. The maximum absolute atomic E-state index is 12.5. The van der Waals surface area contributed by atoms with Crippen LogP contribution in [0.3, 0.4) is 0 Å². The van der Waals surface area contributed by atoms with Crippen LogP contribution in [0.2, 0.25) is 5.02 Å². The van der Waals surface area contributed by atoms with Crippen LogP contribution in [0, 0.1) is 5.41 Å². The first-order chi connectivity index (χ1) is 12.0. The summed E-state index contributed by atoms with van der Waals surface area (Å²) in [4.78, 5) is 14.7. The van der Waals surface area contributed by atoms with Gasteiger partial charge in [-0.25, -0.2) is 0 Å². The molecule has 2 fully saturated rings. The van der Waals surface area contributed by atoms with Gasteiger partial charge in [-0.2, -0.15) is 5.10 Å². The number of nitrogens with one attached hydrogen (secondary N) is 1. The molecule has 0 aliphatic carbocycles. The number of fused-ring (bicyclic) bond motifs is 1. The lowest BCUT2D eigenvalue weighted by atomic mass is 9.71. The number of aliphatic hydroxyl groups is 1. The van der Waals surface area contributed by atoms with Crippen LogP contribution in [0.1, 0.15) is 25.0 Å². The number of likely N-dealkylation sites (tertiary alicyclic amines) is 1. The van der Waals surface area contributed by atoms with Gasteiger partial charge in [0.2, 0.25) is 5.91 Å². The second-order valence-corrected chi connectivity index (χ2v) is 7.64. The molecule has 2 saturated heterocycles. The summed E-state index contributed by atoms with van der Waals surface area (Å²) >= 11 is 6.41. The predicted molar refractivity (Wildman–Crippen MR) is 96.3 cm³/mol. The number of amides is 1. The molecule has 1 spiro atoms. The van der Waals surface area contributed by atoms with Gasteiger partial charge in [-0.1, -0.05) is 17.7 Å². The summed E-state index contributed by atoms with van der Waals surface area (Å²) in [6.45, 7) is 2.64. The normalized spacial score (nSPS) is 27.8. The van der Waals surface area contributed by atoms with Crippen molar-refractivity contribution in [1.82, 2.24) is 20.0 Å². The Bertz CT molecular complexity index is 821. The minimum absolute atomic E-state index is 0.0140. The van der Waals surface area contributed by atoms with Crippen LogP contribution in [0.15, 0.2) is 18.2 Å². The van der Waals surface area contributed by atoms with Crippen LogP contribution < -0.4 is 5.32 Å². The zero-order chi connectivity index (χ0) is 17.6. The van der Waals surface area contributed by atoms with Gasteiger partial charge in [0.25, 0.3) is 0 Å². The molecule has 7 heteroatoms. The van der Waals surface area contributed by atoms with Gasteiger partial charge < -0.3 is 10.4 Å². The summed E-state index contributed by atoms with van der Waals surface area (Å²) in [5, 5.41) is 19.8.